The molecule has 27 heavy (non-hydrogen) atoms. The lowest BCUT2D eigenvalue weighted by Crippen LogP contribution is -2.33. The molecular weight excluding hydrogens is 413 g/mol. The third-order valence-electron chi connectivity index (χ3n) is 5.11. The van der Waals surface area contributed by atoms with E-state index in [0.717, 1.165) is 6.54 Å². The van der Waals surface area contributed by atoms with Crippen LogP contribution < -0.4 is 20.3 Å². The van der Waals surface area contributed by atoms with Gasteiger partial charge in [-0.05, 0) is 55.7 Å². The molecule has 0 saturated heterocycles. The third-order valence-corrected chi connectivity index (χ3v) is 10.0. The predicted octanol–water partition coefficient (Wildman–Crippen LogP) is 5.44. The van der Waals surface area contributed by atoms with Crippen molar-refractivity contribution in [3.05, 3.63) is 91.0 Å². The number of rotatable bonds is 10. The minimum atomic E-state index is -1.63. The molecule has 0 aliphatic carbocycles. The highest BCUT2D eigenvalue weighted by atomic mass is 79.9. The van der Waals surface area contributed by atoms with Gasteiger partial charge in [-0.15, -0.1) is 0 Å². The molecule has 1 nitrogen and oxygen atoms in total. The first-order chi connectivity index (χ1) is 13.4. The van der Waals surface area contributed by atoms with E-state index in [0.29, 0.717) is 0 Å². The Kier molecular flexibility index (Phi) is 8.08. The molecule has 0 fully saturated rings. The SMILES string of the molecule is BrNCCCCCC[P+](c1ccccc1)(c1ccccc1)c1ccccc1. The van der Waals surface area contributed by atoms with Crippen molar-refractivity contribution in [2.45, 2.75) is 25.7 Å². The molecule has 0 atom stereocenters. The predicted molar refractivity (Wildman–Crippen MR) is 125 cm³/mol. The van der Waals surface area contributed by atoms with Gasteiger partial charge in [-0.25, -0.2) is 0 Å². The van der Waals surface area contributed by atoms with Crippen LogP contribution in [0.1, 0.15) is 25.7 Å². The number of hydrogen-bond donors (Lipinski definition) is 1. The standard InChI is InChI=1S/C24H28BrNP/c25-26-20-12-1-2-13-21-27(22-14-6-3-7-15-22,23-16-8-4-9-17-23)24-18-10-5-11-19-24/h3-11,14-19,26H,1-2,12-13,20-21H2/q+1. The molecule has 3 heteroatoms. The van der Waals surface area contributed by atoms with Crippen molar-refractivity contribution in [3.63, 3.8) is 0 Å². The Bertz CT molecular complexity index is 681. The van der Waals surface area contributed by atoms with E-state index in [-0.39, 0.29) is 0 Å². The summed E-state index contributed by atoms with van der Waals surface area (Å²) in [5, 5.41) is 4.47. The maximum atomic E-state index is 3.30. The molecular formula is C24H28BrNP+. The van der Waals surface area contributed by atoms with Gasteiger partial charge >= 0.3 is 0 Å². The van der Waals surface area contributed by atoms with Gasteiger partial charge in [0.15, 0.2) is 0 Å². The summed E-state index contributed by atoms with van der Waals surface area (Å²) in [5.74, 6) is 0. The van der Waals surface area contributed by atoms with Crippen LogP contribution in [0, 0.1) is 0 Å². The molecule has 140 valence electrons. The zero-order valence-corrected chi connectivity index (χ0v) is 18.2. The maximum Gasteiger partial charge on any atom is 0.112 e. The average molecular weight is 441 g/mol. The average Bonchev–Trinajstić information content (AvgIpc) is 2.75. The Labute approximate surface area is 172 Å². The molecule has 0 radical (unpaired) electrons. The highest BCUT2D eigenvalue weighted by Crippen LogP contribution is 2.55. The van der Waals surface area contributed by atoms with Gasteiger partial charge in [0, 0.05) is 22.7 Å². The molecule has 0 aromatic heterocycles. The summed E-state index contributed by atoms with van der Waals surface area (Å²) in [4.78, 5) is 0. The Morgan fingerprint density at radius 3 is 1.37 bits per heavy atom. The first-order valence-corrected chi connectivity index (χ1v) is 12.5. The molecule has 0 spiro atoms. The number of halogens is 1. The van der Waals surface area contributed by atoms with Crippen molar-refractivity contribution in [2.75, 3.05) is 12.7 Å². The quantitative estimate of drug-likeness (QED) is 0.251. The van der Waals surface area contributed by atoms with Crippen molar-refractivity contribution < 1.29 is 0 Å². The zero-order chi connectivity index (χ0) is 18.8. The Morgan fingerprint density at radius 1 is 0.556 bits per heavy atom. The van der Waals surface area contributed by atoms with Gasteiger partial charge in [0.2, 0.25) is 0 Å². The van der Waals surface area contributed by atoms with Crippen LogP contribution >= 0.6 is 23.4 Å². The summed E-state index contributed by atoms with van der Waals surface area (Å²) >= 11 is 3.30. The van der Waals surface area contributed by atoms with E-state index in [1.54, 1.807) is 0 Å². The number of benzene rings is 3. The molecule has 0 bridgehead atoms. The normalized spacial score (nSPS) is 11.4. The highest BCUT2D eigenvalue weighted by molar-refractivity contribution is 9.08. The second-order valence-electron chi connectivity index (χ2n) is 6.84. The van der Waals surface area contributed by atoms with Crippen LogP contribution in [0.25, 0.3) is 0 Å². The number of hydrogen-bond acceptors (Lipinski definition) is 1. The Balaban J connectivity index is 1.98. The minimum absolute atomic E-state index is 1.04. The number of nitrogens with one attached hydrogen (secondary N) is 1. The molecule has 3 aromatic carbocycles. The Morgan fingerprint density at radius 2 is 0.963 bits per heavy atom. The van der Waals surface area contributed by atoms with Crippen LogP contribution in [-0.4, -0.2) is 12.7 Å². The van der Waals surface area contributed by atoms with E-state index in [2.05, 4.69) is 111 Å². The minimum Gasteiger partial charge on any atom is -0.256 e. The van der Waals surface area contributed by atoms with E-state index < -0.39 is 7.26 Å². The molecule has 0 amide bonds. The molecule has 1 N–H and O–H groups in total. The van der Waals surface area contributed by atoms with Crippen LogP contribution in [0.15, 0.2) is 91.0 Å². The van der Waals surface area contributed by atoms with Gasteiger partial charge < -0.3 is 0 Å². The van der Waals surface area contributed by atoms with Gasteiger partial charge in [0.05, 0.1) is 6.16 Å². The molecule has 0 aliphatic rings. The summed E-state index contributed by atoms with van der Waals surface area (Å²) < 4.78 is 3.07. The molecule has 0 unspecified atom stereocenters. The molecule has 0 heterocycles. The van der Waals surface area contributed by atoms with Crippen LogP contribution in [-0.2, 0) is 0 Å². The van der Waals surface area contributed by atoms with Crippen molar-refractivity contribution in [1.29, 1.82) is 0 Å². The topological polar surface area (TPSA) is 12.0 Å². The smallest absolute Gasteiger partial charge is 0.112 e. The second kappa shape index (κ2) is 10.8. The third kappa shape index (κ3) is 5.08. The molecule has 0 saturated carbocycles. The van der Waals surface area contributed by atoms with Gasteiger partial charge in [0.25, 0.3) is 0 Å². The second-order valence-corrected chi connectivity index (χ2v) is 11.0. The van der Waals surface area contributed by atoms with E-state index in [4.69, 9.17) is 0 Å². The van der Waals surface area contributed by atoms with Crippen molar-refractivity contribution in [3.8, 4) is 0 Å². The van der Waals surface area contributed by atoms with Gasteiger partial charge in [-0.2, -0.15) is 0 Å². The van der Waals surface area contributed by atoms with E-state index in [1.807, 2.05) is 0 Å². The zero-order valence-electron chi connectivity index (χ0n) is 15.7. The lowest BCUT2D eigenvalue weighted by molar-refractivity contribution is 0.667. The first kappa shape index (κ1) is 20.3. The lowest BCUT2D eigenvalue weighted by Gasteiger charge is -2.27. The van der Waals surface area contributed by atoms with Crippen LogP contribution in [0.5, 0.6) is 0 Å². The van der Waals surface area contributed by atoms with Gasteiger partial charge in [-0.1, -0.05) is 61.0 Å². The lowest BCUT2D eigenvalue weighted by atomic mass is 10.2. The molecule has 3 rings (SSSR count). The summed E-state index contributed by atoms with van der Waals surface area (Å²) in [6, 6.07) is 33.5. The largest absolute Gasteiger partial charge is 0.256 e. The van der Waals surface area contributed by atoms with Crippen LogP contribution in [0.3, 0.4) is 0 Å². The van der Waals surface area contributed by atoms with Crippen LogP contribution in [0.2, 0.25) is 0 Å². The fourth-order valence-electron chi connectivity index (χ4n) is 3.78. The van der Waals surface area contributed by atoms with E-state index in [9.17, 15) is 0 Å². The molecule has 3 aromatic rings. The van der Waals surface area contributed by atoms with Crippen molar-refractivity contribution in [2.24, 2.45) is 0 Å². The maximum absolute atomic E-state index is 3.30. The van der Waals surface area contributed by atoms with Gasteiger partial charge in [-0.3, -0.25) is 4.34 Å². The summed E-state index contributed by atoms with van der Waals surface area (Å²) in [6.45, 7) is 1.04. The van der Waals surface area contributed by atoms with Gasteiger partial charge in [0.1, 0.15) is 23.2 Å². The fourth-order valence-corrected chi connectivity index (χ4v) is 8.47. The first-order valence-electron chi connectivity index (χ1n) is 9.76. The number of unbranched alkanes of at least 4 members (excludes halogenated alkanes) is 3. The fraction of sp³-hybridized carbons (Fsp3) is 0.250. The van der Waals surface area contributed by atoms with Crippen molar-refractivity contribution in [1.82, 2.24) is 4.34 Å². The summed E-state index contributed by atoms with van der Waals surface area (Å²) in [6.07, 6.45) is 6.26. The van der Waals surface area contributed by atoms with E-state index >= 15 is 0 Å². The summed E-state index contributed by atoms with van der Waals surface area (Å²) in [5.41, 5.74) is 0. The Hall–Kier alpha value is -1.47. The van der Waals surface area contributed by atoms with Crippen molar-refractivity contribution >= 4 is 39.3 Å². The summed E-state index contributed by atoms with van der Waals surface area (Å²) in [7, 11) is -1.63. The molecule has 0 aliphatic heterocycles. The monoisotopic (exact) mass is 440 g/mol. The van der Waals surface area contributed by atoms with Crippen LogP contribution in [0.4, 0.5) is 0 Å². The van der Waals surface area contributed by atoms with E-state index in [1.165, 1.54) is 47.8 Å². The highest BCUT2D eigenvalue weighted by Gasteiger charge is 2.44.